The number of aromatic hydroxyl groups is 1. The molecule has 0 radical (unpaired) electrons. The van der Waals surface area contributed by atoms with Crippen LogP contribution >= 0.6 is 0 Å². The van der Waals surface area contributed by atoms with E-state index in [1.165, 1.54) is 14.2 Å². The van der Waals surface area contributed by atoms with Crippen LogP contribution in [0.5, 0.6) is 17.2 Å². The number of amides is 1. The Balaban J connectivity index is 1.58. The number of rotatable bonds is 5. The fourth-order valence-corrected chi connectivity index (χ4v) is 3.01. The van der Waals surface area contributed by atoms with Crippen LogP contribution in [0.25, 0.3) is 0 Å². The van der Waals surface area contributed by atoms with Crippen molar-refractivity contribution in [2.24, 2.45) is 5.41 Å². The van der Waals surface area contributed by atoms with Crippen LogP contribution in [-0.2, 0) is 16.0 Å². The smallest absolute Gasteiger partial charge is 0.222 e. The number of likely N-dealkylation sites (tertiary alicyclic amines) is 1. The number of hydrogen-bond acceptors (Lipinski definition) is 5. The fourth-order valence-electron chi connectivity index (χ4n) is 3.01. The van der Waals surface area contributed by atoms with Crippen molar-refractivity contribution in [1.29, 1.82) is 0 Å². The molecule has 3 rings (SSSR count). The molecule has 0 aromatic heterocycles. The van der Waals surface area contributed by atoms with Gasteiger partial charge < -0.3 is 24.2 Å². The molecule has 6 nitrogen and oxygen atoms in total. The lowest BCUT2D eigenvalue weighted by Crippen LogP contribution is -2.67. The predicted molar refractivity (Wildman–Crippen MR) is 79.4 cm³/mol. The number of carbonyl (C=O) groups excluding carboxylic acids is 1. The highest BCUT2D eigenvalue weighted by molar-refractivity contribution is 5.77. The fraction of sp³-hybridized carbons (Fsp3) is 0.562. The minimum absolute atomic E-state index is 0.0188. The molecular formula is C16H21NO5. The first-order valence-corrected chi connectivity index (χ1v) is 7.36. The number of methoxy groups -OCH3 is 2. The number of hydrogen-bond donors (Lipinski definition) is 1. The molecule has 2 fully saturated rings. The van der Waals surface area contributed by atoms with Crippen molar-refractivity contribution in [3.05, 3.63) is 17.7 Å². The van der Waals surface area contributed by atoms with Gasteiger partial charge in [-0.3, -0.25) is 4.79 Å². The van der Waals surface area contributed by atoms with Crippen molar-refractivity contribution in [2.75, 3.05) is 40.5 Å². The van der Waals surface area contributed by atoms with E-state index in [2.05, 4.69) is 0 Å². The summed E-state index contributed by atoms with van der Waals surface area (Å²) in [7, 11) is 2.98. The number of phenols is 1. The van der Waals surface area contributed by atoms with Crippen LogP contribution in [0, 0.1) is 5.41 Å². The molecule has 2 heterocycles. The van der Waals surface area contributed by atoms with Crippen LogP contribution in [-0.4, -0.2) is 56.4 Å². The summed E-state index contributed by atoms with van der Waals surface area (Å²) in [5.74, 6) is 0.853. The maximum Gasteiger partial charge on any atom is 0.222 e. The molecule has 1 aromatic carbocycles. The number of carbonyl (C=O) groups is 1. The zero-order chi connectivity index (χ0) is 15.7. The van der Waals surface area contributed by atoms with Gasteiger partial charge in [0.25, 0.3) is 0 Å². The summed E-state index contributed by atoms with van der Waals surface area (Å²) in [4.78, 5) is 14.1. The molecule has 0 saturated carbocycles. The van der Waals surface area contributed by atoms with Gasteiger partial charge in [0.1, 0.15) is 0 Å². The highest BCUT2D eigenvalue weighted by Gasteiger charge is 2.50. The van der Waals surface area contributed by atoms with E-state index in [4.69, 9.17) is 14.2 Å². The minimum atomic E-state index is -0.0188. The molecule has 120 valence electrons. The maximum atomic E-state index is 12.2. The third-order valence-electron chi connectivity index (χ3n) is 4.39. The van der Waals surface area contributed by atoms with E-state index in [9.17, 15) is 9.90 Å². The lowest BCUT2D eigenvalue weighted by Gasteiger charge is -2.55. The highest BCUT2D eigenvalue weighted by atomic mass is 16.5. The molecule has 0 unspecified atom stereocenters. The summed E-state index contributed by atoms with van der Waals surface area (Å²) in [5, 5.41) is 9.88. The van der Waals surface area contributed by atoms with E-state index in [0.717, 1.165) is 31.9 Å². The summed E-state index contributed by atoms with van der Waals surface area (Å²) in [6.07, 6.45) is 1.03. The summed E-state index contributed by atoms with van der Waals surface area (Å²) in [5.41, 5.74) is 1.16. The normalized spacial score (nSPS) is 18.5. The highest BCUT2D eigenvalue weighted by Crippen LogP contribution is 2.39. The van der Waals surface area contributed by atoms with Crippen LogP contribution in [0.2, 0.25) is 0 Å². The molecule has 22 heavy (non-hydrogen) atoms. The molecule has 6 heteroatoms. The van der Waals surface area contributed by atoms with Gasteiger partial charge >= 0.3 is 0 Å². The van der Waals surface area contributed by atoms with Crippen LogP contribution in [0.4, 0.5) is 0 Å². The second-order valence-electron chi connectivity index (χ2n) is 6.09. The van der Waals surface area contributed by atoms with Crippen molar-refractivity contribution in [1.82, 2.24) is 4.90 Å². The van der Waals surface area contributed by atoms with Gasteiger partial charge in [-0.2, -0.15) is 0 Å². The van der Waals surface area contributed by atoms with Gasteiger partial charge in [-0.15, -0.1) is 0 Å². The number of ether oxygens (including phenoxy) is 3. The molecule has 0 bridgehead atoms. The van der Waals surface area contributed by atoms with Gasteiger partial charge in [-0.05, 0) is 24.1 Å². The Morgan fingerprint density at radius 1 is 1.27 bits per heavy atom. The first-order valence-electron chi connectivity index (χ1n) is 7.36. The molecule has 1 aromatic rings. The van der Waals surface area contributed by atoms with Gasteiger partial charge in [0.2, 0.25) is 11.7 Å². The lowest BCUT2D eigenvalue weighted by atomic mass is 9.78. The first-order chi connectivity index (χ1) is 10.6. The Hall–Kier alpha value is -1.95. The summed E-state index contributed by atoms with van der Waals surface area (Å²) in [6, 6.07) is 3.48. The van der Waals surface area contributed by atoms with Gasteiger partial charge in [0.05, 0.1) is 32.8 Å². The topological polar surface area (TPSA) is 68.2 Å². The van der Waals surface area contributed by atoms with Crippen LogP contribution in [0.3, 0.4) is 0 Å². The molecule has 1 N–H and O–H groups in total. The Labute approximate surface area is 129 Å². The van der Waals surface area contributed by atoms with Crippen molar-refractivity contribution in [2.45, 2.75) is 12.8 Å². The molecule has 1 spiro atoms. The standard InChI is InChI=1S/C16H21NO5/c1-20-12-5-11(6-13(21-2)15(12)19)3-4-14(18)17-7-16(8-17)9-22-10-16/h5-6,19H,3-4,7-10H2,1-2H3. The first kappa shape index (κ1) is 15.0. The average molecular weight is 307 g/mol. The van der Waals surface area contributed by atoms with Crippen LogP contribution in [0.1, 0.15) is 12.0 Å². The molecule has 0 aliphatic carbocycles. The van der Waals surface area contributed by atoms with Gasteiger partial charge in [-0.25, -0.2) is 0 Å². The second kappa shape index (κ2) is 5.68. The van der Waals surface area contributed by atoms with Crippen molar-refractivity contribution in [3.63, 3.8) is 0 Å². The quantitative estimate of drug-likeness (QED) is 0.885. The van der Waals surface area contributed by atoms with Crippen molar-refractivity contribution in [3.8, 4) is 17.2 Å². The maximum absolute atomic E-state index is 12.2. The molecule has 2 aliphatic heterocycles. The number of phenolic OH excluding ortho intramolecular Hbond substituents is 1. The Morgan fingerprint density at radius 2 is 1.86 bits per heavy atom. The summed E-state index contributed by atoms with van der Waals surface area (Å²) in [6.45, 7) is 3.19. The number of nitrogens with zero attached hydrogens (tertiary/aromatic N) is 1. The monoisotopic (exact) mass is 307 g/mol. The van der Waals surface area contributed by atoms with Crippen molar-refractivity contribution >= 4 is 5.91 Å². The third-order valence-corrected chi connectivity index (χ3v) is 4.39. The number of benzene rings is 1. The van der Waals surface area contributed by atoms with E-state index >= 15 is 0 Å². The zero-order valence-electron chi connectivity index (χ0n) is 12.9. The van der Waals surface area contributed by atoms with E-state index in [1.54, 1.807) is 12.1 Å². The molecule has 0 atom stereocenters. The number of aryl methyl sites for hydroxylation is 1. The second-order valence-corrected chi connectivity index (χ2v) is 6.09. The SMILES string of the molecule is COc1cc(CCC(=O)N2CC3(COC3)C2)cc(OC)c1O. The molecule has 2 aliphatic rings. The third kappa shape index (κ3) is 2.59. The van der Waals surface area contributed by atoms with Gasteiger partial charge in [-0.1, -0.05) is 0 Å². The van der Waals surface area contributed by atoms with Gasteiger partial charge in [0.15, 0.2) is 11.5 Å². The van der Waals surface area contributed by atoms with Crippen LogP contribution < -0.4 is 9.47 Å². The molecular weight excluding hydrogens is 286 g/mol. The summed E-state index contributed by atoms with van der Waals surface area (Å²) >= 11 is 0. The predicted octanol–water partition coefficient (Wildman–Crippen LogP) is 1.20. The van der Waals surface area contributed by atoms with E-state index in [0.29, 0.717) is 24.3 Å². The van der Waals surface area contributed by atoms with E-state index in [1.807, 2.05) is 4.90 Å². The Kier molecular flexibility index (Phi) is 3.87. The minimum Gasteiger partial charge on any atom is -0.502 e. The van der Waals surface area contributed by atoms with Gasteiger partial charge in [0, 0.05) is 19.5 Å². The largest absolute Gasteiger partial charge is 0.502 e. The Morgan fingerprint density at radius 3 is 2.32 bits per heavy atom. The summed E-state index contributed by atoms with van der Waals surface area (Å²) < 4.78 is 15.5. The zero-order valence-corrected chi connectivity index (χ0v) is 12.9. The van der Waals surface area contributed by atoms with E-state index in [-0.39, 0.29) is 17.1 Å². The van der Waals surface area contributed by atoms with Crippen LogP contribution in [0.15, 0.2) is 12.1 Å². The lowest BCUT2D eigenvalue weighted by molar-refractivity contribution is -0.195. The molecule has 1 amide bonds. The Bertz CT molecular complexity index is 549. The average Bonchev–Trinajstić information content (AvgIpc) is 2.43. The molecule has 2 saturated heterocycles. The van der Waals surface area contributed by atoms with Crippen molar-refractivity contribution < 1.29 is 24.1 Å². The van der Waals surface area contributed by atoms with E-state index < -0.39 is 0 Å².